The molecule has 3 aromatic rings. The molecule has 0 aliphatic carbocycles. The van der Waals surface area contributed by atoms with E-state index in [0.717, 1.165) is 49.5 Å². The maximum absolute atomic E-state index is 12.8. The summed E-state index contributed by atoms with van der Waals surface area (Å²) in [7, 11) is 0. The summed E-state index contributed by atoms with van der Waals surface area (Å²) >= 11 is 0. The summed E-state index contributed by atoms with van der Waals surface area (Å²) in [6.07, 6.45) is 0.377. The molecule has 0 aromatic heterocycles. The van der Waals surface area contributed by atoms with E-state index in [1.807, 2.05) is 48.5 Å². The highest BCUT2D eigenvalue weighted by molar-refractivity contribution is 5.79. The number of benzene rings is 3. The number of nitrogens with zero attached hydrogens (tertiary/aromatic N) is 1. The molecule has 30 heavy (non-hydrogen) atoms. The molecular formula is C26H28N2O2. The molecule has 1 saturated heterocycles. The maximum Gasteiger partial charge on any atom is 0.224 e. The molecule has 1 N–H and O–H groups in total. The monoisotopic (exact) mass is 400 g/mol. The maximum atomic E-state index is 12.8. The second kappa shape index (κ2) is 10.2. The first kappa shape index (κ1) is 20.3. The first-order valence-corrected chi connectivity index (χ1v) is 10.6. The molecule has 1 aliphatic rings. The fraction of sp³-hybridized carbons (Fsp3) is 0.269. The Balaban J connectivity index is 1.40. The van der Waals surface area contributed by atoms with Crippen molar-refractivity contribution in [1.29, 1.82) is 0 Å². The molecule has 4 rings (SSSR count). The summed E-state index contributed by atoms with van der Waals surface area (Å²) in [5.41, 5.74) is 4.50. The lowest BCUT2D eigenvalue weighted by atomic mass is 10.0. The van der Waals surface area contributed by atoms with E-state index in [9.17, 15) is 4.79 Å². The summed E-state index contributed by atoms with van der Waals surface area (Å²) in [5, 5.41) is 3.25. The van der Waals surface area contributed by atoms with Gasteiger partial charge in [0.2, 0.25) is 5.91 Å². The average Bonchev–Trinajstić information content (AvgIpc) is 2.81. The molecule has 1 atom stereocenters. The Hall–Kier alpha value is -2.95. The number of amides is 1. The van der Waals surface area contributed by atoms with Crippen LogP contribution in [0.25, 0.3) is 11.1 Å². The highest BCUT2D eigenvalue weighted by Crippen LogP contribution is 2.20. The van der Waals surface area contributed by atoms with Crippen molar-refractivity contribution in [3.63, 3.8) is 0 Å². The zero-order chi connectivity index (χ0) is 20.6. The molecule has 4 heteroatoms. The van der Waals surface area contributed by atoms with E-state index in [4.69, 9.17) is 4.74 Å². The van der Waals surface area contributed by atoms with Crippen molar-refractivity contribution in [2.24, 2.45) is 0 Å². The van der Waals surface area contributed by atoms with E-state index in [1.54, 1.807) is 0 Å². The molecule has 1 aliphatic heterocycles. The van der Waals surface area contributed by atoms with E-state index < -0.39 is 0 Å². The summed E-state index contributed by atoms with van der Waals surface area (Å²) in [6.45, 7) is 4.11. The fourth-order valence-corrected chi connectivity index (χ4v) is 3.84. The van der Waals surface area contributed by atoms with Crippen LogP contribution in [-0.4, -0.2) is 43.7 Å². The number of carbonyl (C=O) groups excluding carboxylic acids is 1. The van der Waals surface area contributed by atoms with Crippen molar-refractivity contribution in [3.8, 4) is 11.1 Å². The molecule has 1 fully saturated rings. The Morgan fingerprint density at radius 2 is 1.43 bits per heavy atom. The lowest BCUT2D eigenvalue weighted by molar-refractivity contribution is -0.121. The van der Waals surface area contributed by atoms with E-state index in [2.05, 4.69) is 46.6 Å². The lowest BCUT2D eigenvalue weighted by Gasteiger charge is -2.31. The van der Waals surface area contributed by atoms with Gasteiger partial charge in [-0.05, 0) is 22.3 Å². The molecule has 0 spiro atoms. The topological polar surface area (TPSA) is 41.6 Å². The van der Waals surface area contributed by atoms with Gasteiger partial charge in [-0.1, -0.05) is 84.9 Å². The minimum Gasteiger partial charge on any atom is -0.379 e. The molecule has 1 amide bonds. The van der Waals surface area contributed by atoms with Crippen LogP contribution in [0.4, 0.5) is 0 Å². The average molecular weight is 401 g/mol. The van der Waals surface area contributed by atoms with Gasteiger partial charge in [0.15, 0.2) is 0 Å². The van der Waals surface area contributed by atoms with Gasteiger partial charge >= 0.3 is 0 Å². The summed E-state index contributed by atoms with van der Waals surface area (Å²) < 4.78 is 5.46. The molecule has 0 unspecified atom stereocenters. The van der Waals surface area contributed by atoms with Gasteiger partial charge in [0, 0.05) is 19.6 Å². The van der Waals surface area contributed by atoms with E-state index in [-0.39, 0.29) is 11.9 Å². The number of hydrogen-bond donors (Lipinski definition) is 1. The Labute approximate surface area is 178 Å². The zero-order valence-corrected chi connectivity index (χ0v) is 17.2. The van der Waals surface area contributed by atoms with Crippen molar-refractivity contribution >= 4 is 5.91 Å². The van der Waals surface area contributed by atoms with Gasteiger partial charge in [0.05, 0.1) is 25.7 Å². The predicted molar refractivity (Wildman–Crippen MR) is 120 cm³/mol. The van der Waals surface area contributed by atoms with E-state index in [1.165, 1.54) is 5.56 Å². The normalized spacial score (nSPS) is 15.5. The van der Waals surface area contributed by atoms with Crippen molar-refractivity contribution < 1.29 is 9.53 Å². The molecule has 0 saturated carbocycles. The quantitative estimate of drug-likeness (QED) is 0.650. The largest absolute Gasteiger partial charge is 0.379 e. The van der Waals surface area contributed by atoms with Crippen molar-refractivity contribution in [1.82, 2.24) is 10.2 Å². The lowest BCUT2D eigenvalue weighted by Crippen LogP contribution is -2.43. The molecule has 1 heterocycles. The SMILES string of the molecule is O=C(Cc1ccc(-c2ccccc2)cc1)N[C@H](CN1CCOCC1)c1ccccc1. The van der Waals surface area contributed by atoms with Crippen molar-refractivity contribution in [2.75, 3.05) is 32.8 Å². The number of ether oxygens (including phenoxy) is 1. The Morgan fingerprint density at radius 1 is 0.833 bits per heavy atom. The molecule has 0 radical (unpaired) electrons. The van der Waals surface area contributed by atoms with Crippen LogP contribution in [0.1, 0.15) is 17.2 Å². The predicted octanol–water partition coefficient (Wildman–Crippen LogP) is 4.09. The second-order valence-electron chi connectivity index (χ2n) is 7.68. The first-order valence-electron chi connectivity index (χ1n) is 10.6. The number of rotatable bonds is 7. The summed E-state index contributed by atoms with van der Waals surface area (Å²) in [6, 6.07) is 28.7. The minimum atomic E-state index is -0.0274. The first-order chi connectivity index (χ1) is 14.8. The summed E-state index contributed by atoms with van der Waals surface area (Å²) in [4.78, 5) is 15.2. The standard InChI is InChI=1S/C26H28N2O2/c29-26(19-21-11-13-23(14-12-21)22-7-3-1-4-8-22)27-25(24-9-5-2-6-10-24)20-28-15-17-30-18-16-28/h1-14,25H,15-20H2,(H,27,29)/t25-/m1/s1. The van der Waals surface area contributed by atoms with Gasteiger partial charge in [-0.15, -0.1) is 0 Å². The Morgan fingerprint density at radius 3 is 2.10 bits per heavy atom. The highest BCUT2D eigenvalue weighted by Gasteiger charge is 2.20. The van der Waals surface area contributed by atoms with Crippen LogP contribution in [0, 0.1) is 0 Å². The van der Waals surface area contributed by atoms with Gasteiger partial charge in [-0.25, -0.2) is 0 Å². The zero-order valence-electron chi connectivity index (χ0n) is 17.2. The van der Waals surface area contributed by atoms with E-state index >= 15 is 0 Å². The van der Waals surface area contributed by atoms with Gasteiger partial charge in [0.1, 0.15) is 0 Å². The van der Waals surface area contributed by atoms with Crippen LogP contribution in [0.5, 0.6) is 0 Å². The van der Waals surface area contributed by atoms with Crippen LogP contribution in [0.15, 0.2) is 84.9 Å². The van der Waals surface area contributed by atoms with Crippen molar-refractivity contribution in [2.45, 2.75) is 12.5 Å². The van der Waals surface area contributed by atoms with Crippen LogP contribution in [0.3, 0.4) is 0 Å². The van der Waals surface area contributed by atoms with Gasteiger partial charge in [-0.3, -0.25) is 9.69 Å². The third kappa shape index (κ3) is 5.56. The highest BCUT2D eigenvalue weighted by atomic mass is 16.5. The molecule has 0 bridgehead atoms. The molecule has 4 nitrogen and oxygen atoms in total. The molecule has 3 aromatic carbocycles. The smallest absolute Gasteiger partial charge is 0.224 e. The van der Waals surface area contributed by atoms with Crippen LogP contribution < -0.4 is 5.32 Å². The number of nitrogens with one attached hydrogen (secondary N) is 1. The van der Waals surface area contributed by atoms with E-state index in [0.29, 0.717) is 6.42 Å². The van der Waals surface area contributed by atoms with Gasteiger partial charge in [-0.2, -0.15) is 0 Å². The third-order valence-corrected chi connectivity index (χ3v) is 5.51. The summed E-state index contributed by atoms with van der Waals surface area (Å²) in [5.74, 6) is 0.0459. The minimum absolute atomic E-state index is 0.0274. The Bertz CT molecular complexity index is 920. The van der Waals surface area contributed by atoms with Crippen molar-refractivity contribution in [3.05, 3.63) is 96.1 Å². The number of carbonyl (C=O) groups is 1. The fourth-order valence-electron chi connectivity index (χ4n) is 3.84. The number of morpholine rings is 1. The second-order valence-corrected chi connectivity index (χ2v) is 7.68. The van der Waals surface area contributed by atoms with Gasteiger partial charge in [0.25, 0.3) is 0 Å². The molecular weight excluding hydrogens is 372 g/mol. The number of hydrogen-bond acceptors (Lipinski definition) is 3. The van der Waals surface area contributed by atoms with Crippen LogP contribution in [0.2, 0.25) is 0 Å². The third-order valence-electron chi connectivity index (χ3n) is 5.51. The van der Waals surface area contributed by atoms with Gasteiger partial charge < -0.3 is 10.1 Å². The van der Waals surface area contributed by atoms with Crippen LogP contribution in [-0.2, 0) is 16.0 Å². The Kier molecular flexibility index (Phi) is 6.91. The van der Waals surface area contributed by atoms with Crippen LogP contribution >= 0.6 is 0 Å². The molecule has 154 valence electrons.